The molecule has 2 fully saturated rings. The molecule has 176 valence electrons. The maximum atomic E-state index is 13.3. The van der Waals surface area contributed by atoms with Gasteiger partial charge >= 0.3 is 0 Å². The van der Waals surface area contributed by atoms with Crippen molar-refractivity contribution in [3.05, 3.63) is 76.9 Å². The molecular weight excluding hydrogens is 448 g/mol. The molecule has 1 unspecified atom stereocenters. The Balaban J connectivity index is 1.17. The van der Waals surface area contributed by atoms with Gasteiger partial charge in [0.15, 0.2) is 0 Å². The predicted molar refractivity (Wildman–Crippen MR) is 134 cm³/mol. The van der Waals surface area contributed by atoms with Crippen molar-refractivity contribution in [1.82, 2.24) is 19.7 Å². The first-order valence-electron chi connectivity index (χ1n) is 12.0. The molecule has 0 radical (unpaired) electrons. The van der Waals surface area contributed by atoms with Crippen molar-refractivity contribution in [2.45, 2.75) is 19.4 Å². The van der Waals surface area contributed by atoms with Crippen LogP contribution in [0.2, 0.25) is 5.02 Å². The molecule has 2 aliphatic heterocycles. The Bertz CT molecular complexity index is 1170. The van der Waals surface area contributed by atoms with E-state index < -0.39 is 0 Å². The average Bonchev–Trinajstić information content (AvgIpc) is 2.89. The fourth-order valence-electron chi connectivity index (χ4n) is 5.06. The number of nitrogens with zero attached hydrogens (tertiary/aromatic N) is 4. The number of benzene rings is 2. The van der Waals surface area contributed by atoms with Crippen LogP contribution in [0, 0.1) is 5.92 Å². The summed E-state index contributed by atoms with van der Waals surface area (Å²) in [5, 5.41) is 1.77. The Labute approximate surface area is 205 Å². The Hall–Kier alpha value is -2.96. The van der Waals surface area contributed by atoms with Gasteiger partial charge in [-0.25, -0.2) is 0 Å². The number of piperidine rings is 1. The lowest BCUT2D eigenvalue weighted by Gasteiger charge is -2.39. The van der Waals surface area contributed by atoms with E-state index in [1.807, 2.05) is 22.1 Å². The zero-order valence-electron chi connectivity index (χ0n) is 19.2. The zero-order valence-corrected chi connectivity index (χ0v) is 20.0. The molecule has 1 aromatic heterocycles. The number of hydrogen-bond donors (Lipinski definition) is 0. The van der Waals surface area contributed by atoms with E-state index in [0.29, 0.717) is 23.7 Å². The van der Waals surface area contributed by atoms with Crippen molar-refractivity contribution in [1.29, 1.82) is 0 Å². The van der Waals surface area contributed by atoms with Gasteiger partial charge in [-0.2, -0.15) is 0 Å². The Morgan fingerprint density at radius 3 is 2.47 bits per heavy atom. The summed E-state index contributed by atoms with van der Waals surface area (Å²) in [6.45, 7) is 5.14. The lowest BCUT2D eigenvalue weighted by Crippen LogP contribution is -2.52. The summed E-state index contributed by atoms with van der Waals surface area (Å²) in [5.74, 6) is 0.0292. The van der Waals surface area contributed by atoms with Gasteiger partial charge in [0.25, 0.3) is 5.91 Å². The summed E-state index contributed by atoms with van der Waals surface area (Å²) in [6.07, 6.45) is 3.53. The van der Waals surface area contributed by atoms with Crippen LogP contribution in [0.15, 0.2) is 60.8 Å². The van der Waals surface area contributed by atoms with Crippen molar-refractivity contribution in [3.63, 3.8) is 0 Å². The number of aromatic nitrogens is 1. The van der Waals surface area contributed by atoms with Gasteiger partial charge in [-0.3, -0.25) is 19.5 Å². The largest absolute Gasteiger partial charge is 0.340 e. The molecule has 0 bridgehead atoms. The molecule has 2 amide bonds. The third-order valence-corrected chi connectivity index (χ3v) is 7.20. The van der Waals surface area contributed by atoms with Crippen molar-refractivity contribution in [2.24, 2.45) is 5.92 Å². The fourth-order valence-corrected chi connectivity index (χ4v) is 5.18. The molecule has 0 saturated carbocycles. The number of amides is 2. The van der Waals surface area contributed by atoms with Crippen LogP contribution >= 0.6 is 11.6 Å². The number of piperazine rings is 1. The number of halogens is 1. The topological polar surface area (TPSA) is 56.8 Å². The minimum atomic E-state index is -0.126. The summed E-state index contributed by atoms with van der Waals surface area (Å²) in [5.41, 5.74) is 2.90. The second-order valence-electron chi connectivity index (χ2n) is 9.19. The summed E-state index contributed by atoms with van der Waals surface area (Å²) < 4.78 is 0. The number of fused-ring (bicyclic) bond motifs is 1. The fraction of sp³-hybridized carbons (Fsp3) is 0.370. The lowest BCUT2D eigenvalue weighted by atomic mass is 9.95. The molecule has 2 aliphatic rings. The highest BCUT2D eigenvalue weighted by atomic mass is 35.5. The van der Waals surface area contributed by atoms with Gasteiger partial charge in [0, 0.05) is 68.0 Å². The molecule has 7 heteroatoms. The first kappa shape index (κ1) is 22.8. The molecular formula is C27H29ClN4O2. The van der Waals surface area contributed by atoms with Crippen LogP contribution in [0.4, 0.5) is 0 Å². The number of hydrogen-bond acceptors (Lipinski definition) is 4. The van der Waals surface area contributed by atoms with Crippen molar-refractivity contribution >= 4 is 34.3 Å². The van der Waals surface area contributed by atoms with Crippen LogP contribution in [0.25, 0.3) is 10.9 Å². The molecule has 34 heavy (non-hydrogen) atoms. The predicted octanol–water partition coefficient (Wildman–Crippen LogP) is 4.08. The number of carbonyl (C=O) groups excluding carboxylic acids is 2. The quantitative estimate of drug-likeness (QED) is 0.569. The van der Waals surface area contributed by atoms with Gasteiger partial charge in [0.05, 0.1) is 11.4 Å². The molecule has 0 N–H and O–H groups in total. The van der Waals surface area contributed by atoms with Crippen LogP contribution in [0.5, 0.6) is 0 Å². The van der Waals surface area contributed by atoms with Crippen molar-refractivity contribution in [3.8, 4) is 0 Å². The molecule has 6 nitrogen and oxygen atoms in total. The van der Waals surface area contributed by atoms with E-state index in [9.17, 15) is 9.59 Å². The van der Waals surface area contributed by atoms with Crippen LogP contribution in [-0.2, 0) is 11.3 Å². The summed E-state index contributed by atoms with van der Waals surface area (Å²) in [6, 6.07) is 17.3. The molecule has 0 spiro atoms. The highest BCUT2D eigenvalue weighted by Crippen LogP contribution is 2.23. The number of carbonyl (C=O) groups is 2. The summed E-state index contributed by atoms with van der Waals surface area (Å²) >= 11 is 5.95. The van der Waals surface area contributed by atoms with Crippen LogP contribution in [0.3, 0.4) is 0 Å². The molecule has 3 aromatic rings. The molecule has 5 rings (SSSR count). The second-order valence-corrected chi connectivity index (χ2v) is 9.63. The van der Waals surface area contributed by atoms with E-state index in [-0.39, 0.29) is 17.7 Å². The Morgan fingerprint density at radius 2 is 1.68 bits per heavy atom. The summed E-state index contributed by atoms with van der Waals surface area (Å²) in [4.78, 5) is 37.0. The molecule has 0 aliphatic carbocycles. The monoisotopic (exact) mass is 476 g/mol. The molecule has 1 atom stereocenters. The smallest absolute Gasteiger partial charge is 0.253 e. The average molecular weight is 477 g/mol. The van der Waals surface area contributed by atoms with E-state index >= 15 is 0 Å². The number of para-hydroxylation sites is 1. The molecule has 2 saturated heterocycles. The lowest BCUT2D eigenvalue weighted by molar-refractivity contribution is -0.138. The van der Waals surface area contributed by atoms with E-state index in [4.69, 9.17) is 11.6 Å². The first-order valence-corrected chi connectivity index (χ1v) is 12.3. The Morgan fingerprint density at radius 1 is 0.912 bits per heavy atom. The van der Waals surface area contributed by atoms with Crippen molar-refractivity contribution in [2.75, 3.05) is 39.3 Å². The maximum Gasteiger partial charge on any atom is 0.253 e. The highest BCUT2D eigenvalue weighted by Gasteiger charge is 2.33. The van der Waals surface area contributed by atoms with E-state index in [0.717, 1.165) is 56.5 Å². The third kappa shape index (κ3) is 4.93. The SMILES string of the molecule is O=C(c1ccc(Cl)cc1)N1CCCC(C(=O)N2CCN(Cc3cccc4cccnc34)CC2)C1. The van der Waals surface area contributed by atoms with Crippen LogP contribution in [0.1, 0.15) is 28.8 Å². The molecule has 2 aromatic carbocycles. The van der Waals surface area contributed by atoms with Gasteiger partial charge in [-0.05, 0) is 48.7 Å². The Kier molecular flexibility index (Phi) is 6.79. The minimum absolute atomic E-state index is 0.0253. The number of pyridine rings is 1. The van der Waals surface area contributed by atoms with Crippen LogP contribution in [-0.4, -0.2) is 70.8 Å². The third-order valence-electron chi connectivity index (χ3n) is 6.94. The molecule has 3 heterocycles. The van der Waals surface area contributed by atoms with Gasteiger partial charge in [-0.1, -0.05) is 35.9 Å². The number of rotatable bonds is 4. The van der Waals surface area contributed by atoms with Gasteiger partial charge in [-0.15, -0.1) is 0 Å². The normalized spacial score (nSPS) is 19.4. The number of likely N-dealkylation sites (tertiary alicyclic amines) is 1. The van der Waals surface area contributed by atoms with E-state index in [1.54, 1.807) is 24.3 Å². The highest BCUT2D eigenvalue weighted by molar-refractivity contribution is 6.30. The van der Waals surface area contributed by atoms with Crippen LogP contribution < -0.4 is 0 Å². The first-order chi connectivity index (χ1) is 16.6. The second kappa shape index (κ2) is 10.1. The standard InChI is InChI=1S/C27H29ClN4O2/c28-24-10-8-21(9-11-24)26(33)32-13-3-7-23(19-32)27(34)31-16-14-30(15-17-31)18-22-5-1-4-20-6-2-12-29-25(20)22/h1-2,4-6,8-12,23H,3,7,13-19H2. The maximum absolute atomic E-state index is 13.3. The van der Waals surface area contributed by atoms with Gasteiger partial charge < -0.3 is 9.80 Å². The van der Waals surface area contributed by atoms with E-state index in [1.165, 1.54) is 5.56 Å². The van der Waals surface area contributed by atoms with Gasteiger partial charge in [0.1, 0.15) is 0 Å². The van der Waals surface area contributed by atoms with E-state index in [2.05, 4.69) is 34.1 Å². The van der Waals surface area contributed by atoms with Gasteiger partial charge in [0.2, 0.25) is 5.91 Å². The summed E-state index contributed by atoms with van der Waals surface area (Å²) in [7, 11) is 0. The zero-order chi connectivity index (χ0) is 23.5. The minimum Gasteiger partial charge on any atom is -0.340 e. The van der Waals surface area contributed by atoms with Crippen molar-refractivity contribution < 1.29 is 9.59 Å².